The van der Waals surface area contributed by atoms with Gasteiger partial charge in [-0.3, -0.25) is 0 Å². The molecule has 0 aliphatic carbocycles. The van der Waals surface area contributed by atoms with Gasteiger partial charge in [-0.1, -0.05) is 30.3 Å². The molecule has 0 saturated carbocycles. The lowest BCUT2D eigenvalue weighted by Gasteiger charge is -2.11. The number of ether oxygens (including phenoxy) is 3. The average Bonchev–Trinajstić information content (AvgIpc) is 2.60. The van der Waals surface area contributed by atoms with Crippen molar-refractivity contribution in [2.24, 2.45) is 0 Å². The third-order valence-corrected chi connectivity index (χ3v) is 3.30. The third kappa shape index (κ3) is 4.75. The largest absolute Gasteiger partial charge is 0.459 e. The summed E-state index contributed by atoms with van der Waals surface area (Å²) < 4.78 is 39.5. The van der Waals surface area contributed by atoms with Crippen LogP contribution >= 0.6 is 0 Å². The maximum atomic E-state index is 12.7. The Balaban J connectivity index is 2.48. The second kappa shape index (κ2) is 8.76. The van der Waals surface area contributed by atoms with Gasteiger partial charge in [-0.2, -0.15) is 14.0 Å². The van der Waals surface area contributed by atoms with E-state index in [4.69, 9.17) is 9.47 Å². The van der Waals surface area contributed by atoms with Crippen LogP contribution in [0.15, 0.2) is 42.0 Å². The van der Waals surface area contributed by atoms with Gasteiger partial charge in [-0.25, -0.2) is 4.79 Å². The Labute approximate surface area is 143 Å². The minimum absolute atomic E-state index is 0.0235. The van der Waals surface area contributed by atoms with Crippen LogP contribution in [0.1, 0.15) is 5.56 Å². The van der Waals surface area contributed by atoms with E-state index < -0.39 is 12.6 Å². The Bertz CT molecular complexity index is 827. The second-order valence-electron chi connectivity index (χ2n) is 4.88. The summed E-state index contributed by atoms with van der Waals surface area (Å²) in [4.78, 5) is 12.0. The number of carbonyl (C=O) groups excluding carboxylic acids is 1. The first-order valence-electron chi connectivity index (χ1n) is 7.31. The van der Waals surface area contributed by atoms with Crippen LogP contribution in [0.3, 0.4) is 0 Å². The van der Waals surface area contributed by atoms with Gasteiger partial charge in [0.25, 0.3) is 0 Å². The monoisotopic (exact) mass is 347 g/mol. The number of fused-ring (bicyclic) bond motifs is 1. The quantitative estimate of drug-likeness (QED) is 0.332. The van der Waals surface area contributed by atoms with Crippen molar-refractivity contribution in [3.8, 4) is 11.8 Å². The number of alkyl halides is 2. The number of hydrogen-bond acceptors (Lipinski definition) is 5. The molecule has 2 aromatic carbocycles. The van der Waals surface area contributed by atoms with E-state index in [9.17, 15) is 18.8 Å². The molecular formula is C18H15F2NO4. The minimum Gasteiger partial charge on any atom is -0.459 e. The molecule has 0 N–H and O–H groups in total. The zero-order valence-corrected chi connectivity index (χ0v) is 13.4. The van der Waals surface area contributed by atoms with Crippen LogP contribution in [0.2, 0.25) is 0 Å². The van der Waals surface area contributed by atoms with Crippen molar-refractivity contribution in [3.63, 3.8) is 0 Å². The highest BCUT2D eigenvalue weighted by atomic mass is 19.3. The van der Waals surface area contributed by atoms with E-state index in [0.717, 1.165) is 5.39 Å². The number of halogens is 2. The smallest absolute Gasteiger partial charge is 0.387 e. The van der Waals surface area contributed by atoms with Crippen molar-refractivity contribution in [2.45, 2.75) is 6.61 Å². The van der Waals surface area contributed by atoms with Crippen molar-refractivity contribution in [1.82, 2.24) is 0 Å². The molecule has 0 amide bonds. The van der Waals surface area contributed by atoms with E-state index in [0.29, 0.717) is 5.39 Å². The van der Waals surface area contributed by atoms with Crippen LogP contribution in [-0.4, -0.2) is 32.9 Å². The first-order valence-corrected chi connectivity index (χ1v) is 7.31. The fourth-order valence-corrected chi connectivity index (χ4v) is 2.20. The van der Waals surface area contributed by atoms with E-state index in [1.807, 2.05) is 0 Å². The molecular weight excluding hydrogens is 332 g/mol. The van der Waals surface area contributed by atoms with Gasteiger partial charge < -0.3 is 14.2 Å². The number of benzene rings is 2. The van der Waals surface area contributed by atoms with E-state index in [2.05, 4.69) is 4.74 Å². The zero-order chi connectivity index (χ0) is 18.2. The molecule has 0 aliphatic heterocycles. The van der Waals surface area contributed by atoms with Crippen molar-refractivity contribution in [1.29, 1.82) is 5.26 Å². The lowest BCUT2D eigenvalue weighted by Crippen LogP contribution is -2.11. The molecule has 0 bridgehead atoms. The minimum atomic E-state index is -3.03. The SMILES string of the molecule is COCCOC(=O)/C(C#N)=C/c1c(OC(F)F)ccc2ccccc12. The highest BCUT2D eigenvalue weighted by Crippen LogP contribution is 2.31. The lowest BCUT2D eigenvalue weighted by molar-refractivity contribution is -0.139. The normalized spacial score (nSPS) is 11.4. The first-order chi connectivity index (χ1) is 12.1. The van der Waals surface area contributed by atoms with Crippen LogP contribution in [-0.2, 0) is 14.3 Å². The Morgan fingerprint density at radius 1 is 1.24 bits per heavy atom. The summed E-state index contributed by atoms with van der Waals surface area (Å²) in [7, 11) is 1.44. The highest BCUT2D eigenvalue weighted by molar-refractivity contribution is 6.02. The van der Waals surface area contributed by atoms with Gasteiger partial charge in [-0.05, 0) is 22.9 Å². The Morgan fingerprint density at radius 2 is 2.00 bits per heavy atom. The van der Waals surface area contributed by atoms with E-state index in [-0.39, 0.29) is 30.1 Å². The van der Waals surface area contributed by atoms with E-state index in [1.54, 1.807) is 36.4 Å². The Hall–Kier alpha value is -2.98. The molecule has 0 saturated heterocycles. The molecule has 0 radical (unpaired) electrons. The average molecular weight is 347 g/mol. The molecule has 130 valence electrons. The third-order valence-electron chi connectivity index (χ3n) is 3.30. The van der Waals surface area contributed by atoms with Crippen molar-refractivity contribution in [2.75, 3.05) is 20.3 Å². The van der Waals surface area contributed by atoms with Gasteiger partial charge in [0.1, 0.15) is 24.0 Å². The van der Waals surface area contributed by atoms with Crippen LogP contribution in [0.5, 0.6) is 5.75 Å². The fourth-order valence-electron chi connectivity index (χ4n) is 2.20. The molecule has 7 heteroatoms. The molecule has 0 atom stereocenters. The fraction of sp³-hybridized carbons (Fsp3) is 0.222. The summed E-state index contributed by atoms with van der Waals surface area (Å²) in [5.41, 5.74) is -0.120. The first kappa shape index (κ1) is 18.4. The van der Waals surface area contributed by atoms with Crippen LogP contribution in [0.25, 0.3) is 16.8 Å². The highest BCUT2D eigenvalue weighted by Gasteiger charge is 2.16. The van der Waals surface area contributed by atoms with Gasteiger partial charge in [-0.15, -0.1) is 0 Å². The number of rotatable bonds is 7. The van der Waals surface area contributed by atoms with E-state index >= 15 is 0 Å². The van der Waals surface area contributed by atoms with Gasteiger partial charge in [0.05, 0.1) is 6.61 Å². The maximum absolute atomic E-state index is 12.7. The topological polar surface area (TPSA) is 68.5 Å². The van der Waals surface area contributed by atoms with Gasteiger partial charge in [0, 0.05) is 12.7 Å². The van der Waals surface area contributed by atoms with Crippen LogP contribution in [0.4, 0.5) is 8.78 Å². The molecule has 0 aromatic heterocycles. The summed E-state index contributed by atoms with van der Waals surface area (Å²) in [6.45, 7) is -2.88. The predicted molar refractivity (Wildman–Crippen MR) is 87.0 cm³/mol. The maximum Gasteiger partial charge on any atom is 0.387 e. The van der Waals surface area contributed by atoms with Gasteiger partial charge in [0.15, 0.2) is 0 Å². The van der Waals surface area contributed by atoms with Crippen molar-refractivity contribution >= 4 is 22.8 Å². The molecule has 0 spiro atoms. The number of esters is 1. The molecule has 0 fully saturated rings. The summed E-state index contributed by atoms with van der Waals surface area (Å²) >= 11 is 0. The zero-order valence-electron chi connectivity index (χ0n) is 13.4. The number of nitrogens with zero attached hydrogens (tertiary/aromatic N) is 1. The molecule has 0 unspecified atom stereocenters. The second-order valence-corrected chi connectivity index (χ2v) is 4.88. The molecule has 2 aromatic rings. The Morgan fingerprint density at radius 3 is 2.68 bits per heavy atom. The predicted octanol–water partition coefficient (Wildman–Crippen LogP) is 3.54. The summed E-state index contributed by atoms with van der Waals surface area (Å²) in [5, 5.41) is 10.5. The number of nitriles is 1. The van der Waals surface area contributed by atoms with Gasteiger partial charge >= 0.3 is 12.6 Å². The summed E-state index contributed by atoms with van der Waals surface area (Å²) in [6.07, 6.45) is 1.19. The molecule has 5 nitrogen and oxygen atoms in total. The molecule has 25 heavy (non-hydrogen) atoms. The lowest BCUT2D eigenvalue weighted by atomic mass is 10.0. The summed E-state index contributed by atoms with van der Waals surface area (Å²) in [6, 6.07) is 11.7. The van der Waals surface area contributed by atoms with Gasteiger partial charge in [0.2, 0.25) is 0 Å². The van der Waals surface area contributed by atoms with Crippen molar-refractivity contribution < 1.29 is 27.8 Å². The number of carbonyl (C=O) groups is 1. The molecule has 0 heterocycles. The summed E-state index contributed by atoms with van der Waals surface area (Å²) in [5.74, 6) is -0.998. The number of methoxy groups -OCH3 is 1. The van der Waals surface area contributed by atoms with Crippen LogP contribution < -0.4 is 4.74 Å². The molecule has 2 rings (SSSR count). The molecule has 0 aliphatic rings. The van der Waals surface area contributed by atoms with Crippen molar-refractivity contribution in [3.05, 3.63) is 47.5 Å². The van der Waals surface area contributed by atoms with Crippen LogP contribution in [0, 0.1) is 11.3 Å². The number of hydrogen-bond donors (Lipinski definition) is 0. The standard InChI is InChI=1S/C18H15F2NO4/c1-23-8-9-24-17(22)13(11-21)10-15-14-5-3-2-4-12(14)6-7-16(15)25-18(19)20/h2-7,10,18H,8-9H2,1H3/b13-10+. The van der Waals surface area contributed by atoms with E-state index in [1.165, 1.54) is 19.3 Å². The Kier molecular flexibility index (Phi) is 6.43.